The molecule has 4 nitrogen and oxygen atoms in total. The molecule has 0 aliphatic heterocycles. The lowest BCUT2D eigenvalue weighted by atomic mass is 9.97. The van der Waals surface area contributed by atoms with Gasteiger partial charge in [-0.15, -0.1) is 0 Å². The third kappa shape index (κ3) is 4.16. The summed E-state index contributed by atoms with van der Waals surface area (Å²) in [5, 5.41) is 20.3. The van der Waals surface area contributed by atoms with Gasteiger partial charge in [-0.2, -0.15) is 5.11 Å². The summed E-state index contributed by atoms with van der Waals surface area (Å²) < 4.78 is 0. The van der Waals surface area contributed by atoms with E-state index in [-0.39, 0.29) is 5.54 Å². The molecule has 4 heteroatoms. The first-order valence-electron chi connectivity index (χ1n) is 5.71. The normalized spacial score (nSPS) is 13.5. The highest BCUT2D eigenvalue weighted by Crippen LogP contribution is 2.23. The van der Waals surface area contributed by atoms with Gasteiger partial charge < -0.3 is 10.4 Å². The van der Waals surface area contributed by atoms with E-state index in [2.05, 4.69) is 24.2 Å². The van der Waals surface area contributed by atoms with Gasteiger partial charge in [-0.05, 0) is 40.0 Å². The number of rotatable bonds is 6. The largest absolute Gasteiger partial charge is 0.740 e. The van der Waals surface area contributed by atoms with Crippen molar-refractivity contribution in [2.24, 2.45) is 10.3 Å². The SMILES string of the molecule is CCC(C)(CC)N=NN([O-])C(C)(C)CC. The van der Waals surface area contributed by atoms with Crippen LogP contribution in [0.3, 0.4) is 0 Å². The molecule has 0 radical (unpaired) electrons. The van der Waals surface area contributed by atoms with Crippen molar-refractivity contribution in [1.82, 2.24) is 5.17 Å². The third-order valence-corrected chi connectivity index (χ3v) is 3.27. The molecule has 0 saturated carbocycles. The van der Waals surface area contributed by atoms with Crippen molar-refractivity contribution in [3.8, 4) is 0 Å². The highest BCUT2D eigenvalue weighted by Gasteiger charge is 2.20. The molecule has 0 aromatic carbocycles. The summed E-state index contributed by atoms with van der Waals surface area (Å²) in [6, 6.07) is 0. The fourth-order valence-electron chi connectivity index (χ4n) is 0.796. The average Bonchev–Trinajstić information content (AvgIpc) is 2.25. The zero-order valence-electron chi connectivity index (χ0n) is 10.9. The van der Waals surface area contributed by atoms with E-state index < -0.39 is 5.54 Å². The predicted octanol–water partition coefficient (Wildman–Crippen LogP) is 3.92. The van der Waals surface area contributed by atoms with Crippen LogP contribution in [0.1, 0.15) is 60.8 Å². The zero-order valence-corrected chi connectivity index (χ0v) is 10.9. The molecule has 0 amide bonds. The van der Waals surface area contributed by atoms with E-state index >= 15 is 0 Å². The molecule has 0 bridgehead atoms. The Morgan fingerprint density at radius 2 is 1.47 bits per heavy atom. The predicted molar refractivity (Wildman–Crippen MR) is 63.4 cm³/mol. The second-order valence-corrected chi connectivity index (χ2v) is 4.83. The minimum atomic E-state index is -0.466. The van der Waals surface area contributed by atoms with Crippen molar-refractivity contribution in [3.63, 3.8) is 0 Å². The van der Waals surface area contributed by atoms with Crippen LogP contribution in [0.15, 0.2) is 10.3 Å². The van der Waals surface area contributed by atoms with Crippen molar-refractivity contribution >= 4 is 0 Å². The van der Waals surface area contributed by atoms with Crippen LogP contribution in [0.2, 0.25) is 0 Å². The first kappa shape index (κ1) is 14.4. The Balaban J connectivity index is 4.52. The summed E-state index contributed by atoms with van der Waals surface area (Å²) in [4.78, 5) is 0. The van der Waals surface area contributed by atoms with Gasteiger partial charge in [-0.3, -0.25) is 0 Å². The Bertz CT molecular complexity index is 210. The Kier molecular flexibility index (Phi) is 5.21. The lowest BCUT2D eigenvalue weighted by Crippen LogP contribution is -2.35. The first-order chi connectivity index (χ1) is 6.81. The quantitative estimate of drug-likeness (QED) is 0.497. The minimum absolute atomic E-state index is 0.202. The van der Waals surface area contributed by atoms with Crippen LogP contribution in [0.4, 0.5) is 0 Å². The van der Waals surface area contributed by atoms with Gasteiger partial charge in [0, 0.05) is 5.54 Å². The Morgan fingerprint density at radius 3 is 1.80 bits per heavy atom. The van der Waals surface area contributed by atoms with E-state index in [9.17, 15) is 5.21 Å². The van der Waals surface area contributed by atoms with Crippen molar-refractivity contribution in [3.05, 3.63) is 5.21 Å². The van der Waals surface area contributed by atoms with Gasteiger partial charge in [-0.25, -0.2) is 0 Å². The number of nitrogens with zero attached hydrogens (tertiary/aromatic N) is 3. The number of hydrogen-bond donors (Lipinski definition) is 0. The van der Waals surface area contributed by atoms with E-state index in [1.165, 1.54) is 0 Å². The molecule has 15 heavy (non-hydrogen) atoms. The molecular weight excluding hydrogens is 190 g/mol. The Morgan fingerprint density at radius 1 is 1.00 bits per heavy atom. The van der Waals surface area contributed by atoms with Crippen molar-refractivity contribution in [2.75, 3.05) is 0 Å². The highest BCUT2D eigenvalue weighted by atomic mass is 16.5. The molecule has 0 atom stereocenters. The Labute approximate surface area is 93.3 Å². The topological polar surface area (TPSA) is 51.0 Å². The van der Waals surface area contributed by atoms with Crippen molar-refractivity contribution in [2.45, 2.75) is 71.9 Å². The van der Waals surface area contributed by atoms with Crippen molar-refractivity contribution < 1.29 is 0 Å². The second kappa shape index (κ2) is 5.45. The summed E-state index contributed by atoms with van der Waals surface area (Å²) in [5.41, 5.74) is -0.668. The summed E-state index contributed by atoms with van der Waals surface area (Å²) in [6.45, 7) is 11.8. The molecule has 0 heterocycles. The van der Waals surface area contributed by atoms with Crippen LogP contribution in [-0.2, 0) is 0 Å². The van der Waals surface area contributed by atoms with Crippen LogP contribution in [-0.4, -0.2) is 16.3 Å². The standard InChI is InChI=1S/C11H24N3O/c1-7-10(4,5)14(15)13-12-11(6,8-2)9-3/h7-9H2,1-6H3/q-1. The fraction of sp³-hybridized carbons (Fsp3) is 1.00. The lowest BCUT2D eigenvalue weighted by Gasteiger charge is -2.40. The lowest BCUT2D eigenvalue weighted by molar-refractivity contribution is 0.163. The molecule has 90 valence electrons. The van der Waals surface area contributed by atoms with Crippen LogP contribution in [0, 0.1) is 5.21 Å². The van der Waals surface area contributed by atoms with Gasteiger partial charge in [0.1, 0.15) is 0 Å². The summed E-state index contributed by atoms with van der Waals surface area (Å²) in [7, 11) is 0. The molecule has 0 aliphatic carbocycles. The van der Waals surface area contributed by atoms with Crippen molar-refractivity contribution in [1.29, 1.82) is 0 Å². The van der Waals surface area contributed by atoms with E-state index in [0.29, 0.717) is 0 Å². The summed E-state index contributed by atoms with van der Waals surface area (Å²) in [6.07, 6.45) is 2.55. The van der Waals surface area contributed by atoms with Crippen LogP contribution in [0.5, 0.6) is 0 Å². The molecule has 0 spiro atoms. The smallest absolute Gasteiger partial charge is 0.0803 e. The summed E-state index contributed by atoms with van der Waals surface area (Å²) >= 11 is 0. The van der Waals surface area contributed by atoms with Gasteiger partial charge in [0.05, 0.1) is 5.54 Å². The van der Waals surface area contributed by atoms with Gasteiger partial charge >= 0.3 is 0 Å². The zero-order chi connectivity index (χ0) is 12.1. The monoisotopic (exact) mass is 214 g/mol. The molecule has 0 fully saturated rings. The molecular formula is C11H24N3O-. The molecule has 0 aromatic heterocycles. The number of hydrogen-bond acceptors (Lipinski definition) is 3. The molecule has 0 aromatic rings. The highest BCUT2D eigenvalue weighted by molar-refractivity contribution is 4.80. The summed E-state index contributed by atoms with van der Waals surface area (Å²) in [5.74, 6) is 0. The van der Waals surface area contributed by atoms with Gasteiger partial charge in [0.2, 0.25) is 0 Å². The fourth-order valence-corrected chi connectivity index (χ4v) is 0.796. The van der Waals surface area contributed by atoms with Gasteiger partial charge in [0.25, 0.3) is 0 Å². The molecule has 0 saturated heterocycles. The van der Waals surface area contributed by atoms with Gasteiger partial charge in [0.15, 0.2) is 0 Å². The molecule has 0 rings (SSSR count). The van der Waals surface area contributed by atoms with Crippen LogP contribution >= 0.6 is 0 Å². The maximum atomic E-state index is 11.6. The van der Waals surface area contributed by atoms with E-state index in [0.717, 1.165) is 24.4 Å². The van der Waals surface area contributed by atoms with Crippen LogP contribution in [0.25, 0.3) is 0 Å². The van der Waals surface area contributed by atoms with E-state index in [4.69, 9.17) is 0 Å². The maximum absolute atomic E-state index is 11.6. The van der Waals surface area contributed by atoms with E-state index in [1.807, 2.05) is 27.7 Å². The first-order valence-corrected chi connectivity index (χ1v) is 5.71. The molecule has 0 N–H and O–H groups in total. The van der Waals surface area contributed by atoms with Crippen LogP contribution < -0.4 is 0 Å². The molecule has 0 aliphatic rings. The average molecular weight is 214 g/mol. The Hall–Kier alpha value is -0.640. The second-order valence-electron chi connectivity index (χ2n) is 4.83. The number of hydroxylamine groups is 1. The van der Waals surface area contributed by atoms with E-state index in [1.54, 1.807) is 0 Å². The minimum Gasteiger partial charge on any atom is -0.740 e. The maximum Gasteiger partial charge on any atom is 0.0803 e. The third-order valence-electron chi connectivity index (χ3n) is 3.27. The van der Waals surface area contributed by atoms with Gasteiger partial charge in [-0.1, -0.05) is 26.0 Å². The molecule has 0 unspecified atom stereocenters.